The SMILES string of the molecule is O=C(O)C=C1CCC(NCc2ccco2)CC1. The van der Waals surface area contributed by atoms with Crippen molar-refractivity contribution in [1.29, 1.82) is 0 Å². The summed E-state index contributed by atoms with van der Waals surface area (Å²) >= 11 is 0. The van der Waals surface area contributed by atoms with Gasteiger partial charge in [-0.05, 0) is 37.8 Å². The van der Waals surface area contributed by atoms with Crippen LogP contribution >= 0.6 is 0 Å². The van der Waals surface area contributed by atoms with E-state index in [9.17, 15) is 4.79 Å². The fourth-order valence-electron chi connectivity index (χ4n) is 2.17. The maximum Gasteiger partial charge on any atom is 0.328 e. The largest absolute Gasteiger partial charge is 0.478 e. The number of rotatable bonds is 4. The summed E-state index contributed by atoms with van der Waals surface area (Å²) in [4.78, 5) is 10.5. The minimum atomic E-state index is -0.831. The van der Waals surface area contributed by atoms with Crippen molar-refractivity contribution >= 4 is 5.97 Å². The molecule has 0 spiro atoms. The van der Waals surface area contributed by atoms with Crippen LogP contribution in [0.4, 0.5) is 0 Å². The third-order valence-corrected chi connectivity index (χ3v) is 3.10. The van der Waals surface area contributed by atoms with Crippen LogP contribution in [0.1, 0.15) is 31.4 Å². The van der Waals surface area contributed by atoms with Gasteiger partial charge in [-0.3, -0.25) is 0 Å². The van der Waals surface area contributed by atoms with Crippen LogP contribution in [0, 0.1) is 0 Å². The van der Waals surface area contributed by atoms with Crippen LogP contribution in [0.25, 0.3) is 0 Å². The molecule has 0 aliphatic heterocycles. The van der Waals surface area contributed by atoms with Gasteiger partial charge in [0.25, 0.3) is 0 Å². The Bertz CT molecular complexity index is 385. The van der Waals surface area contributed by atoms with E-state index < -0.39 is 5.97 Å². The van der Waals surface area contributed by atoms with Crippen molar-refractivity contribution in [3.05, 3.63) is 35.8 Å². The quantitative estimate of drug-likeness (QED) is 0.786. The van der Waals surface area contributed by atoms with Gasteiger partial charge in [0.05, 0.1) is 12.8 Å². The van der Waals surface area contributed by atoms with Crippen molar-refractivity contribution in [2.45, 2.75) is 38.3 Å². The smallest absolute Gasteiger partial charge is 0.328 e. The van der Waals surface area contributed by atoms with Gasteiger partial charge >= 0.3 is 5.97 Å². The van der Waals surface area contributed by atoms with Crippen molar-refractivity contribution in [2.75, 3.05) is 0 Å². The number of furan rings is 1. The Labute approximate surface area is 100 Å². The van der Waals surface area contributed by atoms with E-state index >= 15 is 0 Å². The van der Waals surface area contributed by atoms with E-state index in [0.29, 0.717) is 6.04 Å². The maximum absolute atomic E-state index is 10.5. The van der Waals surface area contributed by atoms with Gasteiger partial charge in [-0.25, -0.2) is 4.79 Å². The Kier molecular flexibility index (Phi) is 3.98. The molecule has 92 valence electrons. The highest BCUT2D eigenvalue weighted by molar-refractivity contribution is 5.80. The second-order valence-electron chi connectivity index (χ2n) is 4.38. The minimum absolute atomic E-state index is 0.464. The fraction of sp³-hybridized carbons (Fsp3) is 0.462. The van der Waals surface area contributed by atoms with Gasteiger partial charge in [-0.2, -0.15) is 0 Å². The van der Waals surface area contributed by atoms with Crippen molar-refractivity contribution in [2.24, 2.45) is 0 Å². The van der Waals surface area contributed by atoms with Crippen LogP contribution in [0.3, 0.4) is 0 Å². The van der Waals surface area contributed by atoms with E-state index in [0.717, 1.165) is 43.6 Å². The molecule has 1 aliphatic carbocycles. The zero-order valence-electron chi connectivity index (χ0n) is 9.69. The van der Waals surface area contributed by atoms with E-state index in [2.05, 4.69) is 5.32 Å². The number of aliphatic carboxylic acids is 1. The van der Waals surface area contributed by atoms with Crippen molar-refractivity contribution in [3.63, 3.8) is 0 Å². The first-order valence-corrected chi connectivity index (χ1v) is 5.92. The molecule has 0 atom stereocenters. The maximum atomic E-state index is 10.5. The van der Waals surface area contributed by atoms with Crippen molar-refractivity contribution < 1.29 is 14.3 Å². The van der Waals surface area contributed by atoms with Gasteiger partial charge < -0.3 is 14.8 Å². The first kappa shape index (κ1) is 11.9. The molecule has 0 unspecified atom stereocenters. The molecule has 1 aromatic rings. The Morgan fingerprint density at radius 2 is 2.29 bits per heavy atom. The Balaban J connectivity index is 1.74. The summed E-state index contributed by atoms with van der Waals surface area (Å²) in [6.07, 6.45) is 6.78. The van der Waals surface area contributed by atoms with Crippen LogP contribution < -0.4 is 5.32 Å². The predicted octanol–water partition coefficient (Wildman–Crippen LogP) is 2.32. The average Bonchev–Trinajstić information content (AvgIpc) is 2.80. The molecule has 1 aliphatic rings. The van der Waals surface area contributed by atoms with Gasteiger partial charge in [0, 0.05) is 12.1 Å². The lowest BCUT2D eigenvalue weighted by atomic mass is 9.90. The zero-order valence-corrected chi connectivity index (χ0v) is 9.69. The Morgan fingerprint density at radius 3 is 2.88 bits per heavy atom. The summed E-state index contributed by atoms with van der Waals surface area (Å²) in [6.45, 7) is 0.746. The number of carboxylic acids is 1. The lowest BCUT2D eigenvalue weighted by molar-refractivity contribution is -0.131. The average molecular weight is 235 g/mol. The van der Waals surface area contributed by atoms with E-state index in [1.54, 1.807) is 6.26 Å². The number of hydrogen-bond donors (Lipinski definition) is 2. The molecule has 0 saturated heterocycles. The number of hydrogen-bond acceptors (Lipinski definition) is 3. The second kappa shape index (κ2) is 5.68. The van der Waals surface area contributed by atoms with E-state index in [-0.39, 0.29) is 0 Å². The third-order valence-electron chi connectivity index (χ3n) is 3.10. The van der Waals surface area contributed by atoms with Gasteiger partial charge in [0.15, 0.2) is 0 Å². The molecule has 4 nitrogen and oxygen atoms in total. The highest BCUT2D eigenvalue weighted by Crippen LogP contribution is 2.23. The van der Waals surface area contributed by atoms with Crippen molar-refractivity contribution in [3.8, 4) is 0 Å². The molecule has 17 heavy (non-hydrogen) atoms. The van der Waals surface area contributed by atoms with Crippen LogP contribution in [0.5, 0.6) is 0 Å². The zero-order chi connectivity index (χ0) is 12.1. The second-order valence-corrected chi connectivity index (χ2v) is 4.38. The van der Waals surface area contributed by atoms with Gasteiger partial charge in [-0.1, -0.05) is 5.57 Å². The highest BCUT2D eigenvalue weighted by atomic mass is 16.4. The molecule has 1 aromatic heterocycles. The van der Waals surface area contributed by atoms with Crippen LogP contribution in [0.15, 0.2) is 34.5 Å². The lowest BCUT2D eigenvalue weighted by Gasteiger charge is -2.24. The Hall–Kier alpha value is -1.55. The monoisotopic (exact) mass is 235 g/mol. The molecule has 0 aromatic carbocycles. The number of carboxylic acid groups (broad SMARTS) is 1. The summed E-state index contributed by atoms with van der Waals surface area (Å²) in [5.41, 5.74) is 1.05. The fourth-order valence-corrected chi connectivity index (χ4v) is 2.17. The molecule has 4 heteroatoms. The summed E-state index contributed by atoms with van der Waals surface area (Å²) in [6, 6.07) is 4.29. The molecule has 2 N–H and O–H groups in total. The van der Waals surface area contributed by atoms with E-state index in [4.69, 9.17) is 9.52 Å². The molecule has 2 rings (SSSR count). The molecular formula is C13H17NO3. The predicted molar refractivity (Wildman–Crippen MR) is 63.5 cm³/mol. The summed E-state index contributed by atoms with van der Waals surface area (Å²) < 4.78 is 5.25. The molecular weight excluding hydrogens is 218 g/mol. The molecule has 0 amide bonds. The van der Waals surface area contributed by atoms with E-state index in [1.165, 1.54) is 6.08 Å². The van der Waals surface area contributed by atoms with Crippen LogP contribution in [-0.2, 0) is 11.3 Å². The van der Waals surface area contributed by atoms with E-state index in [1.807, 2.05) is 12.1 Å². The number of carbonyl (C=O) groups is 1. The van der Waals surface area contributed by atoms with Crippen LogP contribution in [-0.4, -0.2) is 17.1 Å². The summed E-state index contributed by atoms with van der Waals surface area (Å²) in [5.74, 6) is 0.110. The lowest BCUT2D eigenvalue weighted by Crippen LogP contribution is -2.30. The standard InChI is InChI=1S/C13H17NO3/c15-13(16)8-10-3-5-11(6-4-10)14-9-12-2-1-7-17-12/h1-2,7-8,11,14H,3-6,9H2,(H,15,16). The van der Waals surface area contributed by atoms with Crippen LogP contribution in [0.2, 0.25) is 0 Å². The normalized spacial score (nSPS) is 20.2. The van der Waals surface area contributed by atoms with Gasteiger partial charge in [0.2, 0.25) is 0 Å². The number of nitrogens with one attached hydrogen (secondary N) is 1. The third kappa shape index (κ3) is 3.75. The summed E-state index contributed by atoms with van der Waals surface area (Å²) in [7, 11) is 0. The molecule has 1 fully saturated rings. The molecule has 1 heterocycles. The molecule has 0 radical (unpaired) electrons. The summed E-state index contributed by atoms with van der Waals surface area (Å²) in [5, 5.41) is 12.1. The first-order chi connectivity index (χ1) is 8.24. The topological polar surface area (TPSA) is 62.5 Å². The van der Waals surface area contributed by atoms with Gasteiger partial charge in [-0.15, -0.1) is 0 Å². The molecule has 0 bridgehead atoms. The molecule has 1 saturated carbocycles. The van der Waals surface area contributed by atoms with Crippen molar-refractivity contribution in [1.82, 2.24) is 5.32 Å². The number of allylic oxidation sites excluding steroid dienone is 1. The highest BCUT2D eigenvalue weighted by Gasteiger charge is 2.16. The minimum Gasteiger partial charge on any atom is -0.478 e. The van der Waals surface area contributed by atoms with Gasteiger partial charge in [0.1, 0.15) is 5.76 Å². The Morgan fingerprint density at radius 1 is 1.53 bits per heavy atom. The first-order valence-electron chi connectivity index (χ1n) is 5.92.